The van der Waals surface area contributed by atoms with Crippen molar-refractivity contribution >= 4 is 11.8 Å². The van der Waals surface area contributed by atoms with E-state index < -0.39 is 0 Å². The van der Waals surface area contributed by atoms with E-state index in [0.29, 0.717) is 18.1 Å². The first-order valence-electron chi connectivity index (χ1n) is 9.82. The minimum Gasteiger partial charge on any atom is -0.349 e. The number of carbonyl (C=O) groups excluding carboxylic acids is 2. The Balaban J connectivity index is 1.72. The second-order valence-electron chi connectivity index (χ2n) is 7.11. The molecule has 2 heterocycles. The van der Waals surface area contributed by atoms with Crippen LogP contribution in [0.2, 0.25) is 0 Å². The van der Waals surface area contributed by atoms with E-state index in [1.54, 1.807) is 0 Å². The molecule has 144 valence electrons. The molecule has 1 unspecified atom stereocenters. The van der Waals surface area contributed by atoms with Crippen LogP contribution in [0, 0.1) is 0 Å². The molecular weight excluding hydrogens is 340 g/mol. The predicted octanol–water partition coefficient (Wildman–Crippen LogP) is 2.72. The van der Waals surface area contributed by atoms with Crippen molar-refractivity contribution in [3.05, 3.63) is 53.1 Å². The van der Waals surface area contributed by atoms with E-state index in [2.05, 4.69) is 15.6 Å². The maximum atomic E-state index is 12.7. The summed E-state index contributed by atoms with van der Waals surface area (Å²) >= 11 is 0. The van der Waals surface area contributed by atoms with Gasteiger partial charge in [-0.05, 0) is 44.6 Å². The molecule has 2 aromatic rings. The van der Waals surface area contributed by atoms with Crippen LogP contribution in [0.5, 0.6) is 0 Å². The lowest BCUT2D eigenvalue weighted by Gasteiger charge is -2.17. The Morgan fingerprint density at radius 3 is 2.70 bits per heavy atom. The summed E-state index contributed by atoms with van der Waals surface area (Å²) in [5.74, 6) is -0.0398. The number of fused-ring (bicyclic) bond motifs is 1. The lowest BCUT2D eigenvalue weighted by molar-refractivity contribution is 0.0933. The Labute approximate surface area is 160 Å². The molecule has 0 fully saturated rings. The SMILES string of the molecule is CCC(C)NC(=O)c1nc(C(=O)NCCc2ccccc2)n2c1CCCC2. The third-order valence-corrected chi connectivity index (χ3v) is 5.07. The van der Waals surface area contributed by atoms with Crippen LogP contribution >= 0.6 is 0 Å². The zero-order chi connectivity index (χ0) is 19.2. The Morgan fingerprint density at radius 2 is 1.96 bits per heavy atom. The molecule has 1 aliphatic heterocycles. The average Bonchev–Trinajstić information content (AvgIpc) is 3.08. The average molecular weight is 368 g/mol. The van der Waals surface area contributed by atoms with E-state index >= 15 is 0 Å². The largest absolute Gasteiger partial charge is 0.349 e. The van der Waals surface area contributed by atoms with Gasteiger partial charge in [0.15, 0.2) is 5.82 Å². The number of aromatic nitrogens is 2. The zero-order valence-corrected chi connectivity index (χ0v) is 16.1. The molecule has 2 amide bonds. The monoisotopic (exact) mass is 368 g/mol. The van der Waals surface area contributed by atoms with Crippen LogP contribution in [0.4, 0.5) is 0 Å². The van der Waals surface area contributed by atoms with Crippen molar-refractivity contribution in [2.45, 2.75) is 58.5 Å². The summed E-state index contributed by atoms with van der Waals surface area (Å²) in [5, 5.41) is 5.91. The molecule has 1 aromatic carbocycles. The van der Waals surface area contributed by atoms with Crippen molar-refractivity contribution in [1.82, 2.24) is 20.2 Å². The molecule has 1 aromatic heterocycles. The highest BCUT2D eigenvalue weighted by Gasteiger charge is 2.27. The molecule has 0 spiro atoms. The standard InChI is InChI=1S/C21H28N4O2/c1-3-15(2)23-20(26)18-17-11-7-8-14-25(17)19(24-18)21(27)22-13-12-16-9-5-4-6-10-16/h4-6,9-10,15H,3,7-8,11-14H2,1-2H3,(H,22,27)(H,23,26). The minimum atomic E-state index is -0.211. The zero-order valence-electron chi connectivity index (χ0n) is 16.1. The van der Waals surface area contributed by atoms with Gasteiger partial charge >= 0.3 is 0 Å². The molecule has 0 saturated carbocycles. The molecule has 1 aliphatic rings. The van der Waals surface area contributed by atoms with Gasteiger partial charge in [0.2, 0.25) is 0 Å². The smallest absolute Gasteiger partial charge is 0.287 e. The third-order valence-electron chi connectivity index (χ3n) is 5.07. The summed E-state index contributed by atoms with van der Waals surface area (Å²) in [4.78, 5) is 29.7. The van der Waals surface area contributed by atoms with Crippen LogP contribution in [-0.2, 0) is 19.4 Å². The number of benzene rings is 1. The maximum absolute atomic E-state index is 12.7. The molecule has 3 rings (SSSR count). The fourth-order valence-electron chi connectivity index (χ4n) is 3.34. The van der Waals surface area contributed by atoms with Gasteiger partial charge in [-0.1, -0.05) is 37.3 Å². The Bertz CT molecular complexity index is 798. The second-order valence-corrected chi connectivity index (χ2v) is 7.11. The van der Waals surface area contributed by atoms with Crippen molar-refractivity contribution < 1.29 is 9.59 Å². The van der Waals surface area contributed by atoms with Gasteiger partial charge in [0.05, 0.1) is 5.69 Å². The second kappa shape index (κ2) is 8.84. The summed E-state index contributed by atoms with van der Waals surface area (Å²) in [7, 11) is 0. The lowest BCUT2D eigenvalue weighted by atomic mass is 10.1. The van der Waals surface area contributed by atoms with E-state index in [9.17, 15) is 9.59 Å². The van der Waals surface area contributed by atoms with Crippen molar-refractivity contribution in [3.63, 3.8) is 0 Å². The van der Waals surface area contributed by atoms with Gasteiger partial charge in [0.1, 0.15) is 5.69 Å². The first kappa shape index (κ1) is 19.1. The van der Waals surface area contributed by atoms with Crippen LogP contribution in [0.15, 0.2) is 30.3 Å². The van der Waals surface area contributed by atoms with Crippen LogP contribution in [0.25, 0.3) is 0 Å². The summed E-state index contributed by atoms with van der Waals surface area (Å²) in [6.07, 6.45) is 4.42. The van der Waals surface area contributed by atoms with Gasteiger partial charge in [0, 0.05) is 19.1 Å². The highest BCUT2D eigenvalue weighted by Crippen LogP contribution is 2.21. The summed E-state index contributed by atoms with van der Waals surface area (Å²) in [6.45, 7) is 5.27. The van der Waals surface area contributed by atoms with Crippen molar-refractivity contribution in [3.8, 4) is 0 Å². The quantitative estimate of drug-likeness (QED) is 0.789. The molecule has 6 nitrogen and oxygen atoms in total. The van der Waals surface area contributed by atoms with E-state index in [1.807, 2.05) is 48.7 Å². The van der Waals surface area contributed by atoms with Gasteiger partial charge in [-0.3, -0.25) is 9.59 Å². The Morgan fingerprint density at radius 1 is 1.19 bits per heavy atom. The topological polar surface area (TPSA) is 76.0 Å². The van der Waals surface area contributed by atoms with Crippen LogP contribution in [0.3, 0.4) is 0 Å². The molecule has 0 bridgehead atoms. The first-order chi connectivity index (χ1) is 13.1. The summed E-state index contributed by atoms with van der Waals surface area (Å²) < 4.78 is 1.92. The number of hydrogen-bond acceptors (Lipinski definition) is 3. The number of nitrogens with one attached hydrogen (secondary N) is 2. The Hall–Kier alpha value is -2.63. The van der Waals surface area contributed by atoms with Crippen molar-refractivity contribution in [2.24, 2.45) is 0 Å². The van der Waals surface area contributed by atoms with Crippen molar-refractivity contribution in [1.29, 1.82) is 0 Å². The number of imidazole rings is 1. The normalized spacial score (nSPS) is 14.3. The molecule has 27 heavy (non-hydrogen) atoms. The number of hydrogen-bond donors (Lipinski definition) is 2. The first-order valence-corrected chi connectivity index (χ1v) is 9.82. The number of nitrogens with zero attached hydrogens (tertiary/aromatic N) is 2. The third kappa shape index (κ3) is 4.56. The molecule has 0 aliphatic carbocycles. The highest BCUT2D eigenvalue weighted by molar-refractivity contribution is 5.97. The van der Waals surface area contributed by atoms with E-state index in [1.165, 1.54) is 5.56 Å². The van der Waals surface area contributed by atoms with Gasteiger partial charge in [-0.25, -0.2) is 4.98 Å². The fourth-order valence-corrected chi connectivity index (χ4v) is 3.34. The van der Waals surface area contributed by atoms with Gasteiger partial charge in [0.25, 0.3) is 11.8 Å². The van der Waals surface area contributed by atoms with Crippen LogP contribution in [0.1, 0.15) is 65.5 Å². The highest BCUT2D eigenvalue weighted by atomic mass is 16.2. The predicted molar refractivity (Wildman–Crippen MR) is 105 cm³/mol. The van der Waals surface area contributed by atoms with E-state index in [4.69, 9.17) is 0 Å². The van der Waals surface area contributed by atoms with Gasteiger partial charge in [-0.2, -0.15) is 0 Å². The molecule has 0 saturated heterocycles. The summed E-state index contributed by atoms with van der Waals surface area (Å²) in [6, 6.07) is 10.1. The lowest BCUT2D eigenvalue weighted by Crippen LogP contribution is -2.33. The molecule has 6 heteroatoms. The number of carbonyl (C=O) groups is 2. The van der Waals surface area contributed by atoms with Crippen LogP contribution in [-0.4, -0.2) is 34.0 Å². The molecule has 0 radical (unpaired) electrons. The van der Waals surface area contributed by atoms with Crippen molar-refractivity contribution in [2.75, 3.05) is 6.54 Å². The molecule has 2 N–H and O–H groups in total. The minimum absolute atomic E-state index is 0.0848. The van der Waals surface area contributed by atoms with E-state index in [0.717, 1.165) is 44.3 Å². The van der Waals surface area contributed by atoms with Gasteiger partial charge in [-0.15, -0.1) is 0 Å². The van der Waals surface area contributed by atoms with Gasteiger partial charge < -0.3 is 15.2 Å². The number of rotatable bonds is 7. The Kier molecular flexibility index (Phi) is 6.27. The summed E-state index contributed by atoms with van der Waals surface area (Å²) in [5.41, 5.74) is 2.47. The van der Waals surface area contributed by atoms with E-state index in [-0.39, 0.29) is 17.9 Å². The number of amides is 2. The van der Waals surface area contributed by atoms with Crippen LogP contribution < -0.4 is 10.6 Å². The maximum Gasteiger partial charge on any atom is 0.287 e. The molecular formula is C21H28N4O2. The fraction of sp³-hybridized carbons (Fsp3) is 0.476. The molecule has 1 atom stereocenters.